The Balaban J connectivity index is 0.000000131. The molecule has 1 unspecified atom stereocenters. The van der Waals surface area contributed by atoms with Crippen LogP contribution in [0.5, 0.6) is 0 Å². The highest BCUT2D eigenvalue weighted by atomic mass is 79.9. The molecular weight excluding hydrogens is 634 g/mol. The number of fused-ring (bicyclic) bond motifs is 4. The lowest BCUT2D eigenvalue weighted by Crippen LogP contribution is -2.36. The zero-order chi connectivity index (χ0) is 31.7. The van der Waals surface area contributed by atoms with Gasteiger partial charge in [0.1, 0.15) is 0 Å². The van der Waals surface area contributed by atoms with Gasteiger partial charge in [-0.2, -0.15) is 0 Å². The summed E-state index contributed by atoms with van der Waals surface area (Å²) >= 11 is 3.17. The van der Waals surface area contributed by atoms with Gasteiger partial charge in [0.05, 0.1) is 17.0 Å². The minimum Gasteiger partial charge on any atom is -0.294 e. The fraction of sp³-hybridized carbons (Fsp3) is 0.189. The van der Waals surface area contributed by atoms with Crippen LogP contribution in [0.4, 0.5) is 0 Å². The normalized spacial score (nSPS) is 17.7. The molecule has 0 spiro atoms. The standard InChI is InChI=1S/C18H13NO3.C10H7BrO2.C9H8O/c20-16-12(9-11-5-1-2-6-13(11)16)10-19-17(21)14-7-3-4-8-15(14)18(19)22;11-5-8-9(12)6-3-1-2-4-7(6)10(8)13;10-9-6-5-7-3-1-2-4-8(7)9/h1-8,12H,9-10H2;1-4,8H,5H2;1-4H,5-6H2. The number of carbonyl (C=O) groups is 6. The van der Waals surface area contributed by atoms with Crippen molar-refractivity contribution in [3.8, 4) is 0 Å². The van der Waals surface area contributed by atoms with E-state index in [1.807, 2.05) is 42.5 Å². The Kier molecular flexibility index (Phi) is 8.50. The van der Waals surface area contributed by atoms with Crippen LogP contribution in [0.2, 0.25) is 0 Å². The maximum atomic E-state index is 12.4. The highest BCUT2D eigenvalue weighted by Crippen LogP contribution is 2.31. The van der Waals surface area contributed by atoms with E-state index in [-0.39, 0.29) is 41.6 Å². The summed E-state index contributed by atoms with van der Waals surface area (Å²) in [5, 5.41) is 0.416. The number of rotatable bonds is 3. The smallest absolute Gasteiger partial charge is 0.261 e. The van der Waals surface area contributed by atoms with Gasteiger partial charge in [-0.15, -0.1) is 0 Å². The SMILES string of the molecule is O=C1CCc2ccccc21.O=C1c2ccccc2C(=O)C1CBr.O=C1c2ccccc2CC1CN1C(=O)c2ccccc2C1=O. The van der Waals surface area contributed by atoms with E-state index in [1.165, 1.54) is 10.5 Å². The summed E-state index contributed by atoms with van der Waals surface area (Å²) in [5.41, 5.74) is 5.84. The molecule has 0 aromatic heterocycles. The molecule has 1 heterocycles. The summed E-state index contributed by atoms with van der Waals surface area (Å²) in [6.45, 7) is 0.153. The summed E-state index contributed by atoms with van der Waals surface area (Å²) in [6.07, 6.45) is 2.23. The Morgan fingerprint density at radius 2 is 1.00 bits per heavy atom. The lowest BCUT2D eigenvalue weighted by molar-refractivity contribution is 0.0620. The summed E-state index contributed by atoms with van der Waals surface area (Å²) in [5.74, 6) is -1.23. The van der Waals surface area contributed by atoms with Crippen molar-refractivity contribution in [2.24, 2.45) is 11.8 Å². The molecule has 0 bridgehead atoms. The first-order valence-electron chi connectivity index (χ1n) is 14.7. The Bertz CT molecular complexity index is 1830. The summed E-state index contributed by atoms with van der Waals surface area (Å²) < 4.78 is 0. The first-order valence-corrected chi connectivity index (χ1v) is 15.8. The highest BCUT2D eigenvalue weighted by Gasteiger charge is 2.40. The van der Waals surface area contributed by atoms with Crippen LogP contribution in [-0.4, -0.2) is 51.7 Å². The minimum absolute atomic E-state index is 0.0205. The first kappa shape index (κ1) is 30.2. The van der Waals surface area contributed by atoms with Crippen LogP contribution in [0.1, 0.15) is 79.7 Å². The Morgan fingerprint density at radius 3 is 1.51 bits per heavy atom. The largest absolute Gasteiger partial charge is 0.294 e. The molecule has 8 rings (SSSR count). The van der Waals surface area contributed by atoms with Gasteiger partial charge in [-0.05, 0) is 36.1 Å². The predicted octanol–water partition coefficient (Wildman–Crippen LogP) is 6.23. The average molecular weight is 663 g/mol. The maximum Gasteiger partial charge on any atom is 0.261 e. The van der Waals surface area contributed by atoms with Crippen molar-refractivity contribution < 1.29 is 28.8 Å². The molecule has 3 aliphatic carbocycles. The van der Waals surface area contributed by atoms with Crippen LogP contribution >= 0.6 is 15.9 Å². The van der Waals surface area contributed by atoms with Gasteiger partial charge < -0.3 is 0 Å². The van der Waals surface area contributed by atoms with Gasteiger partial charge in [-0.3, -0.25) is 33.7 Å². The van der Waals surface area contributed by atoms with Crippen LogP contribution in [0.3, 0.4) is 0 Å². The molecule has 0 radical (unpaired) electrons. The number of nitrogens with zero attached hydrogens (tertiary/aromatic N) is 1. The number of aryl methyl sites for hydroxylation is 1. The number of imide groups is 1. The number of benzene rings is 4. The van der Waals surface area contributed by atoms with Crippen molar-refractivity contribution in [1.29, 1.82) is 0 Å². The third kappa shape index (κ3) is 5.62. The fourth-order valence-electron chi connectivity index (χ4n) is 6.23. The molecule has 7 nitrogen and oxygen atoms in total. The lowest BCUT2D eigenvalue weighted by atomic mass is 10.0. The van der Waals surface area contributed by atoms with Gasteiger partial charge in [0.25, 0.3) is 11.8 Å². The molecule has 8 heteroatoms. The van der Waals surface area contributed by atoms with Gasteiger partial charge >= 0.3 is 0 Å². The average Bonchev–Trinajstić information content (AvgIpc) is 3.76. The van der Waals surface area contributed by atoms with E-state index in [2.05, 4.69) is 15.9 Å². The second kappa shape index (κ2) is 12.7. The van der Waals surface area contributed by atoms with E-state index in [4.69, 9.17) is 0 Å². The van der Waals surface area contributed by atoms with E-state index in [1.54, 1.807) is 54.6 Å². The van der Waals surface area contributed by atoms with E-state index < -0.39 is 5.92 Å². The second-order valence-corrected chi connectivity index (χ2v) is 11.9. The molecule has 4 aromatic rings. The number of alkyl halides is 1. The van der Waals surface area contributed by atoms with Crippen molar-refractivity contribution in [3.63, 3.8) is 0 Å². The molecule has 2 amide bonds. The number of halogens is 1. The number of hydrogen-bond donors (Lipinski definition) is 0. The Morgan fingerprint density at radius 1 is 0.533 bits per heavy atom. The van der Waals surface area contributed by atoms with Crippen LogP contribution in [0.25, 0.3) is 0 Å². The molecule has 1 atom stereocenters. The van der Waals surface area contributed by atoms with Crippen LogP contribution < -0.4 is 0 Å². The molecule has 0 N–H and O–H groups in total. The zero-order valence-corrected chi connectivity index (χ0v) is 25.8. The van der Waals surface area contributed by atoms with Crippen molar-refractivity contribution in [2.45, 2.75) is 19.3 Å². The van der Waals surface area contributed by atoms with Gasteiger partial charge in [0.2, 0.25) is 0 Å². The van der Waals surface area contributed by atoms with Crippen molar-refractivity contribution >= 4 is 50.9 Å². The molecule has 1 aliphatic heterocycles. The zero-order valence-electron chi connectivity index (χ0n) is 24.2. The number of carbonyl (C=O) groups excluding carboxylic acids is 6. The molecule has 45 heavy (non-hydrogen) atoms. The number of Topliss-reactive ketones (excluding diaryl/α,β-unsaturated/α-hetero) is 4. The highest BCUT2D eigenvalue weighted by molar-refractivity contribution is 9.09. The molecule has 4 aliphatic rings. The summed E-state index contributed by atoms with van der Waals surface area (Å²) in [4.78, 5) is 72.6. The summed E-state index contributed by atoms with van der Waals surface area (Å²) in [7, 11) is 0. The molecule has 0 saturated carbocycles. The predicted molar refractivity (Wildman–Crippen MR) is 171 cm³/mol. The molecule has 4 aromatic carbocycles. The Labute approximate surface area is 268 Å². The molecule has 224 valence electrons. The van der Waals surface area contributed by atoms with E-state index in [0.717, 1.165) is 17.5 Å². The molecule has 0 fully saturated rings. The lowest BCUT2D eigenvalue weighted by Gasteiger charge is -2.17. The maximum absolute atomic E-state index is 12.4. The van der Waals surface area contributed by atoms with Crippen molar-refractivity contribution in [3.05, 3.63) is 142 Å². The van der Waals surface area contributed by atoms with Gasteiger partial charge in [-0.1, -0.05) is 101 Å². The van der Waals surface area contributed by atoms with E-state index in [0.29, 0.717) is 51.8 Å². The van der Waals surface area contributed by atoms with E-state index >= 15 is 0 Å². The van der Waals surface area contributed by atoms with E-state index in [9.17, 15) is 28.8 Å². The van der Waals surface area contributed by atoms with Crippen molar-refractivity contribution in [1.82, 2.24) is 4.90 Å². The third-order valence-electron chi connectivity index (χ3n) is 8.59. The monoisotopic (exact) mass is 661 g/mol. The van der Waals surface area contributed by atoms with Gasteiger partial charge in [0, 0.05) is 46.5 Å². The number of amides is 2. The summed E-state index contributed by atoms with van der Waals surface area (Å²) in [6, 6.07) is 29.1. The van der Waals surface area contributed by atoms with Crippen LogP contribution in [0.15, 0.2) is 97.1 Å². The van der Waals surface area contributed by atoms with Crippen LogP contribution in [0, 0.1) is 11.8 Å². The third-order valence-corrected chi connectivity index (χ3v) is 9.23. The molecular formula is C37H28BrNO6. The first-order chi connectivity index (χ1) is 21.8. The van der Waals surface area contributed by atoms with Crippen molar-refractivity contribution in [2.75, 3.05) is 11.9 Å². The fourth-order valence-corrected chi connectivity index (χ4v) is 6.82. The number of hydrogen-bond acceptors (Lipinski definition) is 6. The number of ketones is 4. The van der Waals surface area contributed by atoms with Crippen LogP contribution in [-0.2, 0) is 12.8 Å². The second-order valence-electron chi connectivity index (χ2n) is 11.3. The van der Waals surface area contributed by atoms with Gasteiger partial charge in [0.15, 0.2) is 23.1 Å². The topological polar surface area (TPSA) is 106 Å². The molecule has 0 saturated heterocycles. The van der Waals surface area contributed by atoms with Gasteiger partial charge in [-0.25, -0.2) is 0 Å². The minimum atomic E-state index is -0.502. The Hall–Kier alpha value is -4.82. The quantitative estimate of drug-likeness (QED) is 0.146.